The zero-order valence-electron chi connectivity index (χ0n) is 16.5. The van der Waals surface area contributed by atoms with Crippen LogP contribution in [0.15, 0.2) is 54.1 Å². The van der Waals surface area contributed by atoms with Crippen molar-refractivity contribution in [1.29, 1.82) is 0 Å². The van der Waals surface area contributed by atoms with E-state index >= 15 is 0 Å². The fourth-order valence-electron chi connectivity index (χ4n) is 4.22. The highest BCUT2D eigenvalue weighted by atomic mass is 16.5. The fourth-order valence-corrected chi connectivity index (χ4v) is 4.22. The van der Waals surface area contributed by atoms with Crippen LogP contribution < -0.4 is 0 Å². The van der Waals surface area contributed by atoms with Crippen molar-refractivity contribution in [1.82, 2.24) is 4.90 Å². The van der Waals surface area contributed by atoms with Gasteiger partial charge in [0.25, 0.3) is 0 Å². The molecule has 4 rings (SSSR count). The zero-order chi connectivity index (χ0) is 19.3. The van der Waals surface area contributed by atoms with E-state index in [9.17, 15) is 4.79 Å². The van der Waals surface area contributed by atoms with E-state index in [2.05, 4.69) is 65.6 Å². The number of fused-ring (bicyclic) bond motifs is 2. The third-order valence-corrected chi connectivity index (χ3v) is 5.65. The van der Waals surface area contributed by atoms with Crippen LogP contribution in [0, 0.1) is 0 Å². The quantitative estimate of drug-likeness (QED) is 0.601. The topological polar surface area (TPSA) is 29.5 Å². The van der Waals surface area contributed by atoms with E-state index in [1.807, 2.05) is 6.92 Å². The van der Waals surface area contributed by atoms with Crippen molar-refractivity contribution in [3.05, 3.63) is 76.4 Å². The molecule has 0 aromatic heterocycles. The number of likely N-dealkylation sites (tertiary alicyclic amines) is 1. The average molecular weight is 373 g/mol. The molecule has 0 atom stereocenters. The lowest BCUT2D eigenvalue weighted by atomic mass is 9.86. The lowest BCUT2D eigenvalue weighted by Gasteiger charge is -2.30. The van der Waals surface area contributed by atoms with Gasteiger partial charge in [-0.15, -0.1) is 0 Å². The Bertz CT molecular complexity index is 864. The van der Waals surface area contributed by atoms with E-state index in [1.54, 1.807) is 0 Å². The highest BCUT2D eigenvalue weighted by Gasteiger charge is 2.22. The van der Waals surface area contributed by atoms with Crippen molar-refractivity contribution in [2.75, 3.05) is 26.2 Å². The van der Waals surface area contributed by atoms with Crippen LogP contribution in [0.5, 0.6) is 0 Å². The van der Waals surface area contributed by atoms with Gasteiger partial charge in [-0.05, 0) is 47.6 Å². The summed E-state index contributed by atoms with van der Waals surface area (Å²) in [4.78, 5) is 14.0. The molecule has 0 unspecified atom stereocenters. The predicted molar refractivity (Wildman–Crippen MR) is 115 cm³/mol. The molecule has 0 amide bonds. The number of carbonyl (C=O) groups excluding carboxylic acids is 1. The number of esters is 1. The summed E-state index contributed by atoms with van der Waals surface area (Å²) >= 11 is 0. The van der Waals surface area contributed by atoms with Gasteiger partial charge in [0, 0.05) is 19.6 Å². The van der Waals surface area contributed by atoms with Gasteiger partial charge in [0.15, 0.2) is 0 Å². The number of piperidine rings is 1. The molecule has 1 aliphatic heterocycles. The smallest absolute Gasteiger partial charge is 0.307 e. The SMILES string of the molecule is CCOC(=O)CCN1CCC(=C2c3ccccc3C=Cc3ccccc32)CC1. The Hall–Kier alpha value is -2.65. The van der Waals surface area contributed by atoms with Gasteiger partial charge in [0.1, 0.15) is 0 Å². The maximum absolute atomic E-state index is 11.6. The van der Waals surface area contributed by atoms with Crippen LogP contribution in [-0.4, -0.2) is 37.1 Å². The second kappa shape index (κ2) is 8.57. The Morgan fingerprint density at radius 2 is 1.50 bits per heavy atom. The van der Waals surface area contributed by atoms with Crippen LogP contribution >= 0.6 is 0 Å². The highest BCUT2D eigenvalue weighted by Crippen LogP contribution is 2.38. The first-order valence-electron chi connectivity index (χ1n) is 10.2. The van der Waals surface area contributed by atoms with Crippen LogP contribution in [0.2, 0.25) is 0 Å². The lowest BCUT2D eigenvalue weighted by Crippen LogP contribution is -2.33. The lowest BCUT2D eigenvalue weighted by molar-refractivity contribution is -0.143. The molecule has 144 valence electrons. The van der Waals surface area contributed by atoms with Crippen molar-refractivity contribution in [2.45, 2.75) is 26.2 Å². The third kappa shape index (κ3) is 3.95. The van der Waals surface area contributed by atoms with E-state index in [-0.39, 0.29) is 5.97 Å². The first-order valence-corrected chi connectivity index (χ1v) is 10.2. The number of hydrogen-bond acceptors (Lipinski definition) is 3. The Kier molecular flexibility index (Phi) is 5.73. The van der Waals surface area contributed by atoms with E-state index in [4.69, 9.17) is 4.74 Å². The van der Waals surface area contributed by atoms with E-state index < -0.39 is 0 Å². The largest absolute Gasteiger partial charge is 0.466 e. The molecule has 0 saturated carbocycles. The van der Waals surface area contributed by atoms with Crippen molar-refractivity contribution in [2.24, 2.45) is 0 Å². The Labute approximate surface area is 167 Å². The number of benzene rings is 2. The summed E-state index contributed by atoms with van der Waals surface area (Å²) in [6, 6.07) is 17.4. The van der Waals surface area contributed by atoms with Gasteiger partial charge in [-0.2, -0.15) is 0 Å². The van der Waals surface area contributed by atoms with E-state index in [1.165, 1.54) is 33.4 Å². The molecule has 1 saturated heterocycles. The molecule has 0 spiro atoms. The van der Waals surface area contributed by atoms with Gasteiger partial charge in [0.05, 0.1) is 13.0 Å². The van der Waals surface area contributed by atoms with Gasteiger partial charge in [-0.25, -0.2) is 0 Å². The molecule has 2 aromatic carbocycles. The Morgan fingerprint density at radius 1 is 0.929 bits per heavy atom. The Balaban J connectivity index is 1.59. The summed E-state index contributed by atoms with van der Waals surface area (Å²) in [5.74, 6) is -0.0932. The van der Waals surface area contributed by atoms with Gasteiger partial charge < -0.3 is 9.64 Å². The molecule has 3 heteroatoms. The molecule has 28 heavy (non-hydrogen) atoms. The average Bonchev–Trinajstić information content (AvgIpc) is 2.90. The van der Waals surface area contributed by atoms with Gasteiger partial charge in [-0.1, -0.05) is 66.3 Å². The molecule has 1 aliphatic carbocycles. The molecule has 0 N–H and O–H groups in total. The van der Waals surface area contributed by atoms with E-state index in [0.717, 1.165) is 32.5 Å². The van der Waals surface area contributed by atoms with Crippen LogP contribution in [0.3, 0.4) is 0 Å². The summed E-state index contributed by atoms with van der Waals surface area (Å²) < 4.78 is 5.06. The predicted octanol–water partition coefficient (Wildman–Crippen LogP) is 5.02. The number of nitrogens with zero attached hydrogens (tertiary/aromatic N) is 1. The van der Waals surface area contributed by atoms with Crippen molar-refractivity contribution >= 4 is 23.7 Å². The summed E-state index contributed by atoms with van der Waals surface area (Å²) in [7, 11) is 0. The van der Waals surface area contributed by atoms with E-state index in [0.29, 0.717) is 13.0 Å². The second-order valence-electron chi connectivity index (χ2n) is 7.38. The fraction of sp³-hybridized carbons (Fsp3) is 0.320. The minimum atomic E-state index is -0.0932. The first-order chi connectivity index (χ1) is 13.8. The minimum absolute atomic E-state index is 0.0932. The van der Waals surface area contributed by atoms with Crippen molar-refractivity contribution in [3.8, 4) is 0 Å². The third-order valence-electron chi connectivity index (χ3n) is 5.65. The van der Waals surface area contributed by atoms with Crippen molar-refractivity contribution < 1.29 is 9.53 Å². The molecule has 2 aliphatic rings. The molecule has 2 aromatic rings. The van der Waals surface area contributed by atoms with Gasteiger partial charge in [-0.3, -0.25) is 4.79 Å². The normalized spacial score (nSPS) is 16.3. The van der Waals surface area contributed by atoms with Crippen LogP contribution in [0.1, 0.15) is 48.4 Å². The minimum Gasteiger partial charge on any atom is -0.466 e. The monoisotopic (exact) mass is 373 g/mol. The summed E-state index contributed by atoms with van der Waals surface area (Å²) in [6.45, 7) is 5.10. The second-order valence-corrected chi connectivity index (χ2v) is 7.38. The standard InChI is InChI=1S/C25H27NO2/c1-2-28-24(27)15-18-26-16-13-21(14-17-26)25-22-9-5-3-7-19(22)11-12-20-8-4-6-10-23(20)25/h3-12H,2,13-18H2,1H3. The molecule has 0 bridgehead atoms. The molecular weight excluding hydrogens is 346 g/mol. The number of hydrogen-bond donors (Lipinski definition) is 0. The highest BCUT2D eigenvalue weighted by molar-refractivity contribution is 5.94. The first kappa shape index (κ1) is 18.7. The van der Waals surface area contributed by atoms with Gasteiger partial charge >= 0.3 is 5.97 Å². The van der Waals surface area contributed by atoms with Crippen molar-refractivity contribution in [3.63, 3.8) is 0 Å². The maximum atomic E-state index is 11.6. The molecule has 0 radical (unpaired) electrons. The molecule has 1 fully saturated rings. The summed E-state index contributed by atoms with van der Waals surface area (Å²) in [6.07, 6.45) is 7.03. The molecular formula is C25H27NO2. The van der Waals surface area contributed by atoms with Crippen LogP contribution in [-0.2, 0) is 9.53 Å². The zero-order valence-corrected chi connectivity index (χ0v) is 16.5. The number of carbonyl (C=O) groups is 1. The van der Waals surface area contributed by atoms with Crippen LogP contribution in [0.25, 0.3) is 17.7 Å². The number of rotatable bonds is 4. The summed E-state index contributed by atoms with van der Waals surface area (Å²) in [5.41, 5.74) is 8.16. The maximum Gasteiger partial charge on any atom is 0.307 e. The summed E-state index contributed by atoms with van der Waals surface area (Å²) in [5, 5.41) is 0. The van der Waals surface area contributed by atoms with Gasteiger partial charge in [0.2, 0.25) is 0 Å². The Morgan fingerprint density at radius 3 is 2.07 bits per heavy atom. The molecule has 1 heterocycles. The molecule has 3 nitrogen and oxygen atoms in total. The number of ether oxygens (including phenoxy) is 1. The van der Waals surface area contributed by atoms with Crippen LogP contribution in [0.4, 0.5) is 0 Å².